The Bertz CT molecular complexity index is 205. The highest BCUT2D eigenvalue weighted by atomic mass is 14.9. The second-order valence-corrected chi connectivity index (χ2v) is 5.17. The Balaban J connectivity index is 1.63. The third kappa shape index (κ3) is 3.62. The predicted octanol–water partition coefficient (Wildman–Crippen LogP) is 2.20. The summed E-state index contributed by atoms with van der Waals surface area (Å²) < 4.78 is 0. The molecule has 1 unspecified atom stereocenters. The summed E-state index contributed by atoms with van der Waals surface area (Å²) in [5.74, 6) is 0.880. The van der Waals surface area contributed by atoms with Gasteiger partial charge in [0.15, 0.2) is 0 Å². The van der Waals surface area contributed by atoms with Gasteiger partial charge in [-0.05, 0) is 57.4 Å². The molecule has 1 saturated carbocycles. The molecule has 0 saturated heterocycles. The molecule has 2 nitrogen and oxygen atoms in total. The van der Waals surface area contributed by atoms with Crippen molar-refractivity contribution in [1.82, 2.24) is 5.32 Å². The van der Waals surface area contributed by atoms with Crippen LogP contribution in [0, 0.1) is 5.92 Å². The van der Waals surface area contributed by atoms with Crippen LogP contribution in [-0.2, 0) is 0 Å². The summed E-state index contributed by atoms with van der Waals surface area (Å²) in [4.78, 5) is 0. The summed E-state index contributed by atoms with van der Waals surface area (Å²) in [5, 5.41) is 3.72. The lowest BCUT2D eigenvalue weighted by molar-refractivity contribution is 0.317. The van der Waals surface area contributed by atoms with Gasteiger partial charge in [0, 0.05) is 12.1 Å². The molecular formula is C13H24N2. The first-order valence-corrected chi connectivity index (χ1v) is 6.48. The van der Waals surface area contributed by atoms with Crippen LogP contribution in [-0.4, -0.2) is 18.6 Å². The third-order valence-electron chi connectivity index (χ3n) is 3.84. The fourth-order valence-electron chi connectivity index (χ4n) is 2.70. The summed E-state index contributed by atoms with van der Waals surface area (Å²) >= 11 is 0. The summed E-state index contributed by atoms with van der Waals surface area (Å²) in [6.45, 7) is 1.21. The summed E-state index contributed by atoms with van der Waals surface area (Å²) in [6, 6.07) is 1.22. The normalized spacial score (nSPS) is 36.7. The molecule has 0 radical (unpaired) electrons. The molecule has 2 rings (SSSR count). The van der Waals surface area contributed by atoms with Crippen molar-refractivity contribution >= 4 is 0 Å². The Hall–Kier alpha value is -0.340. The average molecular weight is 208 g/mol. The first kappa shape index (κ1) is 11.2. The lowest BCUT2D eigenvalue weighted by atomic mass is 9.90. The van der Waals surface area contributed by atoms with Gasteiger partial charge in [0.2, 0.25) is 0 Å². The monoisotopic (exact) mass is 208 g/mol. The maximum atomic E-state index is 5.90. The lowest BCUT2D eigenvalue weighted by Crippen LogP contribution is -2.39. The Labute approximate surface area is 93.3 Å². The van der Waals surface area contributed by atoms with E-state index in [1.807, 2.05) is 0 Å². The molecule has 86 valence electrons. The molecule has 0 aromatic heterocycles. The number of allylic oxidation sites excluding steroid dienone is 2. The molecule has 2 heteroatoms. The molecule has 1 fully saturated rings. The second kappa shape index (κ2) is 5.66. The number of hydrogen-bond donors (Lipinski definition) is 2. The molecule has 0 bridgehead atoms. The maximum absolute atomic E-state index is 5.90. The first-order valence-electron chi connectivity index (χ1n) is 6.48. The molecule has 0 heterocycles. The zero-order valence-electron chi connectivity index (χ0n) is 9.62. The van der Waals surface area contributed by atoms with E-state index in [2.05, 4.69) is 17.5 Å². The summed E-state index contributed by atoms with van der Waals surface area (Å²) in [5.41, 5.74) is 5.90. The Morgan fingerprint density at radius 3 is 2.53 bits per heavy atom. The van der Waals surface area contributed by atoms with Gasteiger partial charge in [-0.15, -0.1) is 0 Å². The largest absolute Gasteiger partial charge is 0.328 e. The highest BCUT2D eigenvalue weighted by molar-refractivity contribution is 4.91. The fourth-order valence-corrected chi connectivity index (χ4v) is 2.70. The van der Waals surface area contributed by atoms with E-state index < -0.39 is 0 Å². The van der Waals surface area contributed by atoms with Crippen LogP contribution >= 0.6 is 0 Å². The van der Waals surface area contributed by atoms with Gasteiger partial charge >= 0.3 is 0 Å². The Kier molecular flexibility index (Phi) is 4.21. The van der Waals surface area contributed by atoms with Gasteiger partial charge in [0.05, 0.1) is 0 Å². The summed E-state index contributed by atoms with van der Waals surface area (Å²) in [7, 11) is 0. The van der Waals surface area contributed by atoms with E-state index in [0.29, 0.717) is 6.04 Å². The molecule has 2 aliphatic carbocycles. The molecule has 0 aliphatic heterocycles. The van der Waals surface area contributed by atoms with Gasteiger partial charge < -0.3 is 11.1 Å². The smallest absolute Gasteiger partial charge is 0.00683 e. The van der Waals surface area contributed by atoms with E-state index >= 15 is 0 Å². The van der Waals surface area contributed by atoms with Crippen molar-refractivity contribution in [3.63, 3.8) is 0 Å². The van der Waals surface area contributed by atoms with E-state index in [-0.39, 0.29) is 0 Å². The fraction of sp³-hybridized carbons (Fsp3) is 0.846. The van der Waals surface area contributed by atoms with Gasteiger partial charge in [-0.1, -0.05) is 12.2 Å². The summed E-state index contributed by atoms with van der Waals surface area (Å²) in [6.07, 6.45) is 13.6. The molecule has 0 spiro atoms. The van der Waals surface area contributed by atoms with Crippen molar-refractivity contribution in [3.8, 4) is 0 Å². The quantitative estimate of drug-likeness (QED) is 0.698. The van der Waals surface area contributed by atoms with Gasteiger partial charge in [-0.3, -0.25) is 0 Å². The van der Waals surface area contributed by atoms with E-state index in [0.717, 1.165) is 12.0 Å². The molecule has 3 N–H and O–H groups in total. The molecular weight excluding hydrogens is 184 g/mol. The van der Waals surface area contributed by atoms with Crippen molar-refractivity contribution in [2.24, 2.45) is 11.7 Å². The minimum Gasteiger partial charge on any atom is -0.328 e. The SMILES string of the molecule is NC1CCC(NCC2CC=CCC2)CC1. The molecule has 1 atom stereocenters. The molecule has 0 aromatic rings. The highest BCUT2D eigenvalue weighted by Gasteiger charge is 2.19. The third-order valence-corrected chi connectivity index (χ3v) is 3.84. The van der Waals surface area contributed by atoms with Crippen LogP contribution in [0.15, 0.2) is 12.2 Å². The van der Waals surface area contributed by atoms with Crippen molar-refractivity contribution in [1.29, 1.82) is 0 Å². The van der Waals surface area contributed by atoms with Gasteiger partial charge in [0.1, 0.15) is 0 Å². The number of nitrogens with two attached hydrogens (primary N) is 1. The van der Waals surface area contributed by atoms with Gasteiger partial charge in [-0.2, -0.15) is 0 Å². The molecule has 15 heavy (non-hydrogen) atoms. The zero-order valence-corrected chi connectivity index (χ0v) is 9.62. The van der Waals surface area contributed by atoms with E-state index in [9.17, 15) is 0 Å². The predicted molar refractivity (Wildman–Crippen MR) is 64.7 cm³/mol. The van der Waals surface area contributed by atoms with Crippen LogP contribution in [0.25, 0.3) is 0 Å². The van der Waals surface area contributed by atoms with E-state index in [1.54, 1.807) is 0 Å². The van der Waals surface area contributed by atoms with Crippen molar-refractivity contribution in [2.45, 2.75) is 57.0 Å². The first-order chi connectivity index (χ1) is 7.34. The zero-order chi connectivity index (χ0) is 10.5. The molecule has 0 aromatic carbocycles. The topological polar surface area (TPSA) is 38.0 Å². The standard InChI is InChI=1S/C13H24N2/c14-12-6-8-13(9-7-12)15-10-11-4-2-1-3-5-11/h1-2,11-13,15H,3-10,14H2. The number of hydrogen-bond acceptors (Lipinski definition) is 2. The van der Waals surface area contributed by atoms with Gasteiger partial charge in [0.25, 0.3) is 0 Å². The second-order valence-electron chi connectivity index (χ2n) is 5.17. The van der Waals surface area contributed by atoms with Crippen molar-refractivity contribution < 1.29 is 0 Å². The molecule has 0 amide bonds. The maximum Gasteiger partial charge on any atom is 0.00683 e. The van der Waals surface area contributed by atoms with Crippen LogP contribution in [0.3, 0.4) is 0 Å². The van der Waals surface area contributed by atoms with Crippen molar-refractivity contribution in [2.75, 3.05) is 6.54 Å². The van der Waals surface area contributed by atoms with Gasteiger partial charge in [-0.25, -0.2) is 0 Å². The number of nitrogens with one attached hydrogen (secondary N) is 1. The van der Waals surface area contributed by atoms with Crippen LogP contribution in [0.4, 0.5) is 0 Å². The van der Waals surface area contributed by atoms with Crippen molar-refractivity contribution in [3.05, 3.63) is 12.2 Å². The van der Waals surface area contributed by atoms with E-state index in [1.165, 1.54) is 51.5 Å². The highest BCUT2D eigenvalue weighted by Crippen LogP contribution is 2.20. The minimum atomic E-state index is 0.473. The van der Waals surface area contributed by atoms with Crippen LogP contribution in [0.2, 0.25) is 0 Å². The van der Waals surface area contributed by atoms with Crippen LogP contribution in [0.1, 0.15) is 44.9 Å². The van der Waals surface area contributed by atoms with E-state index in [4.69, 9.17) is 5.73 Å². The average Bonchev–Trinajstić information content (AvgIpc) is 2.30. The Morgan fingerprint density at radius 1 is 1.07 bits per heavy atom. The van der Waals surface area contributed by atoms with Crippen LogP contribution in [0.5, 0.6) is 0 Å². The lowest BCUT2D eigenvalue weighted by Gasteiger charge is -2.29. The Morgan fingerprint density at radius 2 is 1.87 bits per heavy atom. The minimum absolute atomic E-state index is 0.473. The van der Waals surface area contributed by atoms with Crippen LogP contribution < -0.4 is 11.1 Å². The number of rotatable bonds is 3. The molecule has 2 aliphatic rings.